The average molecular weight is 357 g/mol. The molecule has 0 aromatic heterocycles. The van der Waals surface area contributed by atoms with Crippen molar-refractivity contribution in [1.29, 1.82) is 0 Å². The van der Waals surface area contributed by atoms with Gasteiger partial charge in [0.25, 0.3) is 0 Å². The Kier molecular flexibility index (Phi) is 6.89. The summed E-state index contributed by atoms with van der Waals surface area (Å²) in [7, 11) is 0. The predicted molar refractivity (Wildman–Crippen MR) is 114 cm³/mol. The highest BCUT2D eigenvalue weighted by molar-refractivity contribution is 5.62. The first kappa shape index (κ1) is 19.6. The largest absolute Gasteiger partial charge is 0.398 e. The van der Waals surface area contributed by atoms with E-state index in [1.807, 2.05) is 6.92 Å². The lowest BCUT2D eigenvalue weighted by atomic mass is 9.69. The van der Waals surface area contributed by atoms with E-state index in [1.54, 1.807) is 0 Å². The molecule has 1 aromatic carbocycles. The van der Waals surface area contributed by atoms with Gasteiger partial charge in [-0.2, -0.15) is 0 Å². The van der Waals surface area contributed by atoms with E-state index >= 15 is 0 Å². The third-order valence-corrected chi connectivity index (χ3v) is 7.49. The van der Waals surface area contributed by atoms with Gasteiger partial charge in [0.2, 0.25) is 0 Å². The summed E-state index contributed by atoms with van der Waals surface area (Å²) in [6.45, 7) is 4.44. The molecule has 0 saturated heterocycles. The van der Waals surface area contributed by atoms with E-state index in [4.69, 9.17) is 11.5 Å². The van der Waals surface area contributed by atoms with E-state index in [1.165, 1.54) is 76.2 Å². The molecule has 0 heterocycles. The van der Waals surface area contributed by atoms with Crippen LogP contribution < -0.4 is 11.5 Å². The number of benzene rings is 1. The Morgan fingerprint density at radius 2 is 1.35 bits per heavy atom. The highest BCUT2D eigenvalue weighted by Crippen LogP contribution is 2.42. The van der Waals surface area contributed by atoms with Gasteiger partial charge in [0, 0.05) is 11.4 Å². The number of nitrogen functional groups attached to an aromatic ring is 2. The lowest BCUT2D eigenvalue weighted by molar-refractivity contribution is 0.146. The van der Waals surface area contributed by atoms with Gasteiger partial charge in [-0.05, 0) is 92.4 Å². The Morgan fingerprint density at radius 1 is 0.808 bits per heavy atom. The summed E-state index contributed by atoms with van der Waals surface area (Å²) < 4.78 is 0. The minimum atomic E-state index is 0.843. The van der Waals surface area contributed by atoms with Crippen molar-refractivity contribution in [3.63, 3.8) is 0 Å². The third-order valence-electron chi connectivity index (χ3n) is 7.49. The van der Waals surface area contributed by atoms with Crippen molar-refractivity contribution in [2.75, 3.05) is 11.5 Å². The molecule has 0 atom stereocenters. The van der Waals surface area contributed by atoms with Crippen molar-refractivity contribution in [2.45, 2.75) is 90.9 Å². The molecule has 2 aliphatic rings. The number of hydrogen-bond acceptors (Lipinski definition) is 2. The third kappa shape index (κ3) is 5.18. The smallest absolute Gasteiger partial charge is 0.0367 e. The number of unbranched alkanes of at least 4 members (excludes halogenated alkanes) is 1. The van der Waals surface area contributed by atoms with Crippen molar-refractivity contribution >= 4 is 11.4 Å². The van der Waals surface area contributed by atoms with Gasteiger partial charge in [-0.15, -0.1) is 0 Å². The Labute approximate surface area is 161 Å². The minimum Gasteiger partial charge on any atom is -0.398 e. The number of nitrogens with two attached hydrogens (primary N) is 2. The van der Waals surface area contributed by atoms with E-state index in [-0.39, 0.29) is 0 Å². The zero-order valence-corrected chi connectivity index (χ0v) is 17.1. The Balaban J connectivity index is 1.33. The van der Waals surface area contributed by atoms with Gasteiger partial charge in [0.1, 0.15) is 0 Å². The topological polar surface area (TPSA) is 52.0 Å². The van der Waals surface area contributed by atoms with Gasteiger partial charge in [-0.1, -0.05) is 45.4 Å². The van der Waals surface area contributed by atoms with Crippen molar-refractivity contribution in [3.8, 4) is 0 Å². The minimum absolute atomic E-state index is 0.843. The molecule has 0 radical (unpaired) electrons. The van der Waals surface area contributed by atoms with Crippen LogP contribution >= 0.6 is 0 Å². The molecule has 2 heteroatoms. The molecule has 2 nitrogen and oxygen atoms in total. The maximum Gasteiger partial charge on any atom is 0.0367 e. The molecule has 26 heavy (non-hydrogen) atoms. The normalized spacial score (nSPS) is 29.6. The van der Waals surface area contributed by atoms with Crippen molar-refractivity contribution in [3.05, 3.63) is 23.3 Å². The van der Waals surface area contributed by atoms with E-state index in [0.29, 0.717) is 0 Å². The summed E-state index contributed by atoms with van der Waals surface area (Å²) in [6, 6.07) is 4.23. The van der Waals surface area contributed by atoms with E-state index in [2.05, 4.69) is 19.1 Å². The fourth-order valence-electron chi connectivity index (χ4n) is 5.44. The molecule has 146 valence electrons. The van der Waals surface area contributed by atoms with Gasteiger partial charge in [-0.3, -0.25) is 0 Å². The second-order valence-corrected chi connectivity index (χ2v) is 9.45. The lowest BCUT2D eigenvalue weighted by Gasteiger charge is -2.37. The molecule has 0 unspecified atom stereocenters. The maximum atomic E-state index is 6.04. The lowest BCUT2D eigenvalue weighted by Crippen LogP contribution is -2.25. The monoisotopic (exact) mass is 356 g/mol. The molecule has 0 aliphatic heterocycles. The van der Waals surface area contributed by atoms with Gasteiger partial charge in [0.05, 0.1) is 0 Å². The summed E-state index contributed by atoms with van der Waals surface area (Å²) in [5, 5.41) is 0. The molecule has 2 aliphatic carbocycles. The summed E-state index contributed by atoms with van der Waals surface area (Å²) in [4.78, 5) is 0. The second-order valence-electron chi connectivity index (χ2n) is 9.45. The molecular formula is C24H40N2. The van der Waals surface area contributed by atoms with Crippen molar-refractivity contribution in [2.24, 2.45) is 23.7 Å². The van der Waals surface area contributed by atoms with Crippen LogP contribution in [0.25, 0.3) is 0 Å². The van der Waals surface area contributed by atoms with E-state index < -0.39 is 0 Å². The summed E-state index contributed by atoms with van der Waals surface area (Å²) in [5.74, 6) is 4.09. The first-order chi connectivity index (χ1) is 12.5. The number of aryl methyl sites for hydroxylation is 1. The summed E-state index contributed by atoms with van der Waals surface area (Å²) in [5.41, 5.74) is 16.1. The highest BCUT2D eigenvalue weighted by Gasteiger charge is 2.29. The molecule has 2 fully saturated rings. The van der Waals surface area contributed by atoms with Crippen LogP contribution in [0.4, 0.5) is 11.4 Å². The zero-order chi connectivity index (χ0) is 18.5. The van der Waals surface area contributed by atoms with Gasteiger partial charge in [0.15, 0.2) is 0 Å². The van der Waals surface area contributed by atoms with Crippen LogP contribution in [-0.4, -0.2) is 0 Å². The van der Waals surface area contributed by atoms with Crippen LogP contribution in [0.15, 0.2) is 12.1 Å². The van der Waals surface area contributed by atoms with Gasteiger partial charge < -0.3 is 11.5 Å². The van der Waals surface area contributed by atoms with Gasteiger partial charge >= 0.3 is 0 Å². The second kappa shape index (κ2) is 9.15. The van der Waals surface area contributed by atoms with Crippen LogP contribution in [-0.2, 0) is 6.42 Å². The van der Waals surface area contributed by atoms with Crippen LogP contribution in [0.1, 0.15) is 88.7 Å². The Hall–Kier alpha value is -1.18. The summed E-state index contributed by atoms with van der Waals surface area (Å²) in [6.07, 6.45) is 17.1. The molecule has 0 bridgehead atoms. The number of anilines is 2. The molecule has 0 amide bonds. The first-order valence-electron chi connectivity index (χ1n) is 11.2. The first-order valence-corrected chi connectivity index (χ1v) is 11.2. The summed E-state index contributed by atoms with van der Waals surface area (Å²) >= 11 is 0. The number of rotatable bonds is 6. The molecule has 0 spiro atoms. The van der Waals surface area contributed by atoms with Crippen LogP contribution in [0, 0.1) is 30.6 Å². The predicted octanol–water partition coefficient (Wildman–Crippen LogP) is 6.50. The molecule has 4 N–H and O–H groups in total. The quantitative estimate of drug-likeness (QED) is 0.451. The molecule has 2 saturated carbocycles. The molecule has 1 aromatic rings. The maximum absolute atomic E-state index is 6.04. The fourth-order valence-corrected chi connectivity index (χ4v) is 5.44. The number of hydrogen-bond donors (Lipinski definition) is 2. The van der Waals surface area contributed by atoms with E-state index in [9.17, 15) is 0 Å². The standard InChI is InChI=1S/C24H40N2/c1-17-7-11-21(12-8-17)22-13-9-19(10-14-22)5-3-4-6-20-15-23(25)18(2)24(26)16-20/h15-17,19,21-22H,3-14,25-26H2,1-2H3. The van der Waals surface area contributed by atoms with E-state index in [0.717, 1.165) is 47.0 Å². The Morgan fingerprint density at radius 3 is 1.92 bits per heavy atom. The van der Waals surface area contributed by atoms with Gasteiger partial charge in [-0.25, -0.2) is 0 Å². The van der Waals surface area contributed by atoms with Crippen molar-refractivity contribution in [1.82, 2.24) is 0 Å². The molecular weight excluding hydrogens is 316 g/mol. The molecule has 3 rings (SSSR count). The average Bonchev–Trinajstić information content (AvgIpc) is 2.64. The van der Waals surface area contributed by atoms with Crippen molar-refractivity contribution < 1.29 is 0 Å². The zero-order valence-electron chi connectivity index (χ0n) is 17.1. The van der Waals surface area contributed by atoms with Crippen LogP contribution in [0.3, 0.4) is 0 Å². The van der Waals surface area contributed by atoms with Crippen LogP contribution in [0.5, 0.6) is 0 Å². The highest BCUT2D eigenvalue weighted by atomic mass is 14.6. The fraction of sp³-hybridized carbons (Fsp3) is 0.750. The van der Waals surface area contributed by atoms with Crippen LogP contribution in [0.2, 0.25) is 0 Å². The Bertz CT molecular complexity index is 541. The SMILES string of the molecule is Cc1c(N)cc(CCCCC2CCC(C3CCC(C)CC3)CC2)cc1N.